The van der Waals surface area contributed by atoms with E-state index >= 15 is 0 Å². The van der Waals surface area contributed by atoms with Gasteiger partial charge in [-0.15, -0.1) is 0 Å². The maximum atomic E-state index is 14.5. The smallest absolute Gasteiger partial charge is 0.243 e. The summed E-state index contributed by atoms with van der Waals surface area (Å²) in [4.78, 5) is 26.4. The van der Waals surface area contributed by atoms with Crippen molar-refractivity contribution in [1.82, 2.24) is 4.90 Å². The van der Waals surface area contributed by atoms with Crippen LogP contribution in [-0.4, -0.2) is 54.5 Å². The maximum absolute atomic E-state index is 14.5. The molecular formula is C28H36Cl2N2O6S. The molecule has 3 unspecified atom stereocenters. The van der Waals surface area contributed by atoms with Gasteiger partial charge in [-0.2, -0.15) is 0 Å². The number of nitrogens with two attached hydrogens (primary N) is 1. The largest absolute Gasteiger partial charge is 0.329 e. The number of carbonyl (C=O) groups excluding carboxylic acids is 1. The highest BCUT2D eigenvalue weighted by molar-refractivity contribution is 7.92. The molecule has 0 aromatic heterocycles. The number of benzene rings is 2. The number of nitrogens with zero attached hydrogens (tertiary/aromatic N) is 1. The van der Waals surface area contributed by atoms with Gasteiger partial charge in [0, 0.05) is 28.4 Å². The topological polar surface area (TPSA) is 108 Å². The Kier molecular flexibility index (Phi) is 9.33. The molecular weight excluding hydrogens is 563 g/mol. The number of carbonyl (C=O) groups is 1. The normalized spacial score (nSPS) is 26.9. The Hall–Kier alpha value is -1.72. The van der Waals surface area contributed by atoms with Crippen molar-refractivity contribution in [1.29, 1.82) is 0 Å². The third-order valence-electron chi connectivity index (χ3n) is 7.73. The lowest BCUT2D eigenvalue weighted by Gasteiger charge is -2.53. The summed E-state index contributed by atoms with van der Waals surface area (Å²) in [6.07, 6.45) is -0.142. The number of hydrogen-bond donors (Lipinski definition) is 1. The van der Waals surface area contributed by atoms with Crippen molar-refractivity contribution in [2.45, 2.75) is 75.4 Å². The molecule has 2 N–H and O–H groups in total. The van der Waals surface area contributed by atoms with Gasteiger partial charge < -0.3 is 10.6 Å². The molecule has 0 aliphatic carbocycles. The van der Waals surface area contributed by atoms with Crippen molar-refractivity contribution in [3.8, 4) is 0 Å². The van der Waals surface area contributed by atoms with Crippen LogP contribution in [0.15, 0.2) is 48.5 Å². The minimum absolute atomic E-state index is 0.129. The summed E-state index contributed by atoms with van der Waals surface area (Å²) in [7, 11) is -3.52. The summed E-state index contributed by atoms with van der Waals surface area (Å²) in [5.74, 6) is -1.02. The summed E-state index contributed by atoms with van der Waals surface area (Å²) in [5.41, 5.74) is 7.32. The molecule has 2 saturated heterocycles. The SMILES string of the molecule is CC(C)[C@@H](CS(=O)(=O)C(C)C)N1C(=O)[C@@](N)(CC2COOO2)CC(c2cccc(Cl)c2)C1c1ccc(Cl)cc1. The van der Waals surface area contributed by atoms with E-state index < -0.39 is 38.8 Å². The second-order valence-corrected chi connectivity index (χ2v) is 14.7. The van der Waals surface area contributed by atoms with Crippen molar-refractivity contribution in [2.75, 3.05) is 12.4 Å². The first-order chi connectivity index (χ1) is 18.3. The minimum atomic E-state index is -3.52. The van der Waals surface area contributed by atoms with Gasteiger partial charge in [-0.05, 0) is 61.6 Å². The molecule has 5 atom stereocenters. The number of halogens is 2. The van der Waals surface area contributed by atoms with E-state index in [1.165, 1.54) is 0 Å². The van der Waals surface area contributed by atoms with Crippen molar-refractivity contribution < 1.29 is 28.0 Å². The number of hydrogen-bond acceptors (Lipinski definition) is 7. The Bertz CT molecular complexity index is 1270. The molecule has 0 saturated carbocycles. The average Bonchev–Trinajstić information content (AvgIpc) is 3.37. The summed E-state index contributed by atoms with van der Waals surface area (Å²) in [5, 5.41) is 5.14. The minimum Gasteiger partial charge on any atom is -0.329 e. The summed E-state index contributed by atoms with van der Waals surface area (Å²) >= 11 is 12.7. The van der Waals surface area contributed by atoms with Gasteiger partial charge in [-0.3, -0.25) is 4.79 Å². The third kappa shape index (κ3) is 6.62. The highest BCUT2D eigenvalue weighted by atomic mass is 35.5. The van der Waals surface area contributed by atoms with Crippen LogP contribution in [0, 0.1) is 5.92 Å². The third-order valence-corrected chi connectivity index (χ3v) is 10.5. The molecule has 0 radical (unpaired) electrons. The van der Waals surface area contributed by atoms with E-state index in [1.54, 1.807) is 36.9 Å². The predicted octanol–water partition coefficient (Wildman–Crippen LogP) is 5.25. The Balaban J connectivity index is 1.92. The molecule has 2 aliphatic rings. The van der Waals surface area contributed by atoms with Gasteiger partial charge in [0.15, 0.2) is 9.84 Å². The number of piperidine rings is 1. The zero-order valence-electron chi connectivity index (χ0n) is 22.5. The van der Waals surface area contributed by atoms with Crippen LogP contribution in [0.1, 0.15) is 63.6 Å². The first-order valence-corrected chi connectivity index (χ1v) is 15.6. The second-order valence-electron chi connectivity index (χ2n) is 11.2. The van der Waals surface area contributed by atoms with Gasteiger partial charge in [0.05, 0.1) is 22.6 Å². The number of amides is 1. The number of likely N-dealkylation sites (tertiary alicyclic amines) is 1. The molecule has 2 heterocycles. The van der Waals surface area contributed by atoms with Crippen molar-refractivity contribution >= 4 is 38.9 Å². The van der Waals surface area contributed by atoms with Crippen molar-refractivity contribution in [3.63, 3.8) is 0 Å². The second kappa shape index (κ2) is 12.0. The molecule has 0 spiro atoms. The van der Waals surface area contributed by atoms with Gasteiger partial charge in [0.1, 0.15) is 12.7 Å². The van der Waals surface area contributed by atoms with E-state index in [4.69, 9.17) is 38.7 Å². The molecule has 4 rings (SSSR count). The molecule has 2 fully saturated rings. The lowest BCUT2D eigenvalue weighted by atomic mass is 9.70. The molecule has 214 valence electrons. The van der Waals surface area contributed by atoms with E-state index in [1.807, 2.05) is 44.2 Å². The summed E-state index contributed by atoms with van der Waals surface area (Å²) in [6, 6.07) is 13.6. The van der Waals surface area contributed by atoms with Crippen LogP contribution in [0.2, 0.25) is 10.0 Å². The zero-order valence-corrected chi connectivity index (χ0v) is 24.9. The Labute approximate surface area is 240 Å². The van der Waals surface area contributed by atoms with E-state index in [0.29, 0.717) is 10.0 Å². The lowest BCUT2D eigenvalue weighted by molar-refractivity contribution is -0.460. The predicted molar refractivity (Wildman–Crippen MR) is 151 cm³/mol. The molecule has 39 heavy (non-hydrogen) atoms. The van der Waals surface area contributed by atoms with Gasteiger partial charge in [0.2, 0.25) is 5.91 Å². The maximum Gasteiger partial charge on any atom is 0.243 e. The highest BCUT2D eigenvalue weighted by Crippen LogP contribution is 2.49. The summed E-state index contributed by atoms with van der Waals surface area (Å²) < 4.78 is 26.5. The van der Waals surface area contributed by atoms with Crippen LogP contribution in [0.25, 0.3) is 0 Å². The summed E-state index contributed by atoms with van der Waals surface area (Å²) in [6.45, 7) is 7.29. The standard InChI is InChI=1S/C28H36Cl2N2O6S/c1-17(2)25(16-39(34,35)18(3)4)32-26(19-8-10-21(29)11-9-19)24(20-6-5-7-22(30)12-20)14-28(31,27(32)33)13-23-15-36-38-37-23/h5-12,17-18,23-26H,13-16,31H2,1-4H3/t23?,24?,25-,26?,28-/m1/s1. The fourth-order valence-electron chi connectivity index (χ4n) is 5.52. The average molecular weight is 600 g/mol. The van der Waals surface area contributed by atoms with Crippen LogP contribution in [0.4, 0.5) is 0 Å². The molecule has 11 heteroatoms. The van der Waals surface area contributed by atoms with E-state index in [9.17, 15) is 13.2 Å². The molecule has 0 bridgehead atoms. The molecule has 8 nitrogen and oxygen atoms in total. The van der Waals surface area contributed by atoms with Gasteiger partial charge in [-0.25, -0.2) is 18.2 Å². The van der Waals surface area contributed by atoms with Crippen molar-refractivity contribution in [2.24, 2.45) is 11.7 Å². The van der Waals surface area contributed by atoms with Gasteiger partial charge in [0.25, 0.3) is 0 Å². The first kappa shape index (κ1) is 30.2. The van der Waals surface area contributed by atoms with Crippen molar-refractivity contribution in [3.05, 3.63) is 69.7 Å². The molecule has 2 aliphatic heterocycles. The lowest BCUT2D eigenvalue weighted by Crippen LogP contribution is -2.66. The van der Waals surface area contributed by atoms with Crippen LogP contribution in [-0.2, 0) is 29.4 Å². The van der Waals surface area contributed by atoms with Crippen LogP contribution < -0.4 is 5.73 Å². The van der Waals surface area contributed by atoms with Crippen LogP contribution in [0.5, 0.6) is 0 Å². The fraction of sp³-hybridized carbons (Fsp3) is 0.536. The van der Waals surface area contributed by atoms with Gasteiger partial charge in [-0.1, -0.05) is 66.4 Å². The fourth-order valence-corrected chi connectivity index (χ4v) is 7.26. The molecule has 2 aromatic rings. The Morgan fingerprint density at radius 1 is 1.05 bits per heavy atom. The monoisotopic (exact) mass is 598 g/mol. The first-order valence-electron chi connectivity index (χ1n) is 13.1. The van der Waals surface area contributed by atoms with E-state index in [-0.39, 0.29) is 42.9 Å². The number of rotatable bonds is 9. The highest BCUT2D eigenvalue weighted by Gasteiger charge is 2.54. The Morgan fingerprint density at radius 2 is 1.74 bits per heavy atom. The van der Waals surface area contributed by atoms with Gasteiger partial charge >= 0.3 is 0 Å². The molecule has 1 amide bonds. The molecule has 2 aromatic carbocycles. The Morgan fingerprint density at radius 3 is 2.31 bits per heavy atom. The van der Waals surface area contributed by atoms with Crippen LogP contribution >= 0.6 is 23.2 Å². The number of sulfone groups is 1. The van der Waals surface area contributed by atoms with Crippen LogP contribution in [0.3, 0.4) is 0 Å². The quantitative estimate of drug-likeness (QED) is 0.393. The zero-order chi connectivity index (χ0) is 28.5. The van der Waals surface area contributed by atoms with E-state index in [2.05, 4.69) is 5.04 Å². The van der Waals surface area contributed by atoms with E-state index in [0.717, 1.165) is 11.1 Å².